The molecule has 0 heterocycles. The van der Waals surface area contributed by atoms with Crippen LogP contribution in [0.2, 0.25) is 0 Å². The third kappa shape index (κ3) is 3.59. The highest BCUT2D eigenvalue weighted by atomic mass is 31.1. The van der Waals surface area contributed by atoms with Crippen LogP contribution in [0, 0.1) is 0 Å². The maximum atomic E-state index is 1.67. The van der Waals surface area contributed by atoms with Crippen LogP contribution in [0.25, 0.3) is 0 Å². The Bertz CT molecular complexity index is 278. The Morgan fingerprint density at radius 1 is 0.455 bits per heavy atom. The van der Waals surface area contributed by atoms with Crippen LogP contribution in [0.1, 0.15) is 89.9 Å². The number of hydrogen-bond acceptors (Lipinski definition) is 0. The molecule has 0 unspecified atom stereocenters. The summed E-state index contributed by atoms with van der Waals surface area (Å²) in [5, 5.41) is 0. The molecular formula is C20H36P2. The molecule has 0 aliphatic heterocycles. The van der Waals surface area contributed by atoms with E-state index in [1.54, 1.807) is 102 Å². The van der Waals surface area contributed by atoms with Crippen LogP contribution < -0.4 is 0 Å². The molecule has 4 fully saturated rings. The Morgan fingerprint density at radius 2 is 0.727 bits per heavy atom. The zero-order chi connectivity index (χ0) is 14.8. The van der Waals surface area contributed by atoms with Gasteiger partial charge in [-0.3, -0.25) is 0 Å². The first-order chi connectivity index (χ1) is 10.9. The summed E-state index contributed by atoms with van der Waals surface area (Å²) in [5.41, 5.74) is 4.89. The first-order valence-electron chi connectivity index (χ1n) is 10.4. The quantitative estimate of drug-likeness (QED) is 0.315. The fourth-order valence-corrected chi connectivity index (χ4v) is 12.7. The number of hydrogen-bond donors (Lipinski definition) is 0. The second-order valence-electron chi connectivity index (χ2n) is 8.52. The summed E-state index contributed by atoms with van der Waals surface area (Å²) in [7, 11) is 0.913. The molecule has 0 spiro atoms. The van der Waals surface area contributed by atoms with E-state index >= 15 is 0 Å². The predicted molar refractivity (Wildman–Crippen MR) is 103 cm³/mol. The second kappa shape index (κ2) is 7.83. The van der Waals surface area contributed by atoms with Crippen LogP contribution in [0.4, 0.5) is 0 Å². The third-order valence-corrected chi connectivity index (χ3v) is 14.7. The van der Waals surface area contributed by atoms with Gasteiger partial charge in [0.25, 0.3) is 0 Å². The molecule has 0 bridgehead atoms. The van der Waals surface area contributed by atoms with Crippen LogP contribution in [0.15, 0.2) is 0 Å². The van der Waals surface area contributed by atoms with Crippen molar-refractivity contribution in [2.24, 2.45) is 0 Å². The van der Waals surface area contributed by atoms with E-state index in [0.717, 1.165) is 0 Å². The summed E-state index contributed by atoms with van der Waals surface area (Å²) in [6, 6.07) is 0. The fraction of sp³-hybridized carbons (Fsp3) is 1.00. The molecule has 0 saturated heterocycles. The molecule has 4 saturated carbocycles. The molecule has 0 atom stereocenters. The lowest BCUT2D eigenvalue weighted by molar-refractivity contribution is 0.472. The lowest BCUT2D eigenvalue weighted by atomic mass is 9.99. The summed E-state index contributed by atoms with van der Waals surface area (Å²) in [6.07, 6.45) is 25.7. The molecule has 0 radical (unpaired) electrons. The van der Waals surface area contributed by atoms with Gasteiger partial charge in [-0.1, -0.05) is 25.7 Å². The summed E-state index contributed by atoms with van der Waals surface area (Å²) in [4.78, 5) is 0. The standard InChI is InChI=1S/C20H36P2/c1(15-21(17-7-3-8-17)18-9-4-10-18)2-16-22(19-11-5-12-19)20-13-6-14-20/h17-20H,1-16H2. The minimum Gasteiger partial charge on any atom is -0.100 e. The van der Waals surface area contributed by atoms with Crippen molar-refractivity contribution in [1.82, 2.24) is 0 Å². The first kappa shape index (κ1) is 16.3. The molecule has 0 aromatic carbocycles. The summed E-state index contributed by atoms with van der Waals surface area (Å²) in [5.74, 6) is 0. The average Bonchev–Trinajstić information content (AvgIpc) is 2.24. The normalized spacial score (nSPS) is 27.5. The zero-order valence-electron chi connectivity index (χ0n) is 14.5. The van der Waals surface area contributed by atoms with E-state index in [0.29, 0.717) is 15.8 Å². The Balaban J connectivity index is 1.19. The Kier molecular flexibility index (Phi) is 5.81. The maximum absolute atomic E-state index is 1.67. The summed E-state index contributed by atoms with van der Waals surface area (Å²) >= 11 is 0. The molecule has 0 N–H and O–H groups in total. The first-order valence-corrected chi connectivity index (χ1v) is 13.8. The van der Waals surface area contributed by atoms with Crippen molar-refractivity contribution in [3.05, 3.63) is 0 Å². The van der Waals surface area contributed by atoms with Gasteiger partial charge in [-0.2, -0.15) is 0 Å². The van der Waals surface area contributed by atoms with Crippen molar-refractivity contribution in [2.75, 3.05) is 12.3 Å². The lowest BCUT2D eigenvalue weighted by Crippen LogP contribution is -2.28. The SMILES string of the molecule is C1CC(P(CCCCP(C2CCC2)C2CCC2)C2CCC2)C1. The highest BCUT2D eigenvalue weighted by molar-refractivity contribution is 7.59. The van der Waals surface area contributed by atoms with E-state index in [4.69, 9.17) is 0 Å². The van der Waals surface area contributed by atoms with Crippen molar-refractivity contribution in [2.45, 2.75) is 113 Å². The van der Waals surface area contributed by atoms with Crippen molar-refractivity contribution in [3.8, 4) is 0 Å². The highest BCUT2D eigenvalue weighted by Gasteiger charge is 2.36. The summed E-state index contributed by atoms with van der Waals surface area (Å²) < 4.78 is 0. The van der Waals surface area contributed by atoms with Crippen molar-refractivity contribution >= 4 is 15.8 Å². The molecule has 4 aliphatic carbocycles. The van der Waals surface area contributed by atoms with Gasteiger partial charge >= 0.3 is 0 Å². The minimum atomic E-state index is 0.457. The van der Waals surface area contributed by atoms with Gasteiger partial charge in [0.2, 0.25) is 0 Å². The van der Waals surface area contributed by atoms with Gasteiger partial charge in [0.15, 0.2) is 0 Å². The van der Waals surface area contributed by atoms with Gasteiger partial charge in [-0.05, 0) is 99.2 Å². The van der Waals surface area contributed by atoms with Crippen LogP contribution in [-0.4, -0.2) is 35.0 Å². The number of rotatable bonds is 9. The Labute approximate surface area is 141 Å². The van der Waals surface area contributed by atoms with Gasteiger partial charge < -0.3 is 0 Å². The largest absolute Gasteiger partial charge is 0.100 e. The molecule has 126 valence electrons. The fourth-order valence-electron chi connectivity index (χ4n) is 4.79. The maximum Gasteiger partial charge on any atom is -0.0207 e. The highest BCUT2D eigenvalue weighted by Crippen LogP contribution is 2.61. The Hall–Kier alpha value is 0.860. The monoisotopic (exact) mass is 338 g/mol. The van der Waals surface area contributed by atoms with Gasteiger partial charge in [0, 0.05) is 0 Å². The summed E-state index contributed by atoms with van der Waals surface area (Å²) in [6.45, 7) is 0. The molecule has 2 heteroatoms. The smallest absolute Gasteiger partial charge is 0.0207 e. The topological polar surface area (TPSA) is 0 Å². The van der Waals surface area contributed by atoms with Crippen LogP contribution in [-0.2, 0) is 0 Å². The molecule has 0 aromatic rings. The van der Waals surface area contributed by atoms with E-state index in [1.807, 2.05) is 0 Å². The van der Waals surface area contributed by atoms with Crippen molar-refractivity contribution in [1.29, 1.82) is 0 Å². The second-order valence-corrected chi connectivity index (χ2v) is 14.4. The van der Waals surface area contributed by atoms with Gasteiger partial charge in [0.1, 0.15) is 0 Å². The average molecular weight is 338 g/mol. The molecule has 0 amide bonds. The number of unbranched alkanes of at least 4 members (excludes halogenated alkanes) is 1. The molecular weight excluding hydrogens is 302 g/mol. The minimum absolute atomic E-state index is 0.457. The van der Waals surface area contributed by atoms with Crippen molar-refractivity contribution in [3.63, 3.8) is 0 Å². The van der Waals surface area contributed by atoms with Crippen LogP contribution >= 0.6 is 15.8 Å². The van der Waals surface area contributed by atoms with Crippen LogP contribution in [0.3, 0.4) is 0 Å². The van der Waals surface area contributed by atoms with E-state index in [2.05, 4.69) is 0 Å². The van der Waals surface area contributed by atoms with Gasteiger partial charge in [0.05, 0.1) is 0 Å². The molecule has 4 aliphatic rings. The molecule has 0 nitrogen and oxygen atoms in total. The molecule has 4 rings (SSSR count). The lowest BCUT2D eigenvalue weighted by Gasteiger charge is -2.44. The van der Waals surface area contributed by atoms with Crippen molar-refractivity contribution < 1.29 is 0 Å². The predicted octanol–water partition coefficient (Wildman–Crippen LogP) is 6.94. The molecule has 22 heavy (non-hydrogen) atoms. The van der Waals surface area contributed by atoms with E-state index < -0.39 is 0 Å². The third-order valence-electron chi connectivity index (χ3n) is 7.26. The van der Waals surface area contributed by atoms with E-state index in [-0.39, 0.29) is 0 Å². The van der Waals surface area contributed by atoms with Crippen LogP contribution in [0.5, 0.6) is 0 Å². The zero-order valence-corrected chi connectivity index (χ0v) is 16.3. The Morgan fingerprint density at radius 3 is 0.909 bits per heavy atom. The molecule has 0 aromatic heterocycles. The van der Waals surface area contributed by atoms with E-state index in [9.17, 15) is 0 Å². The van der Waals surface area contributed by atoms with E-state index in [1.165, 1.54) is 22.6 Å². The van der Waals surface area contributed by atoms with Gasteiger partial charge in [-0.25, -0.2) is 0 Å². The van der Waals surface area contributed by atoms with Gasteiger partial charge in [-0.15, -0.1) is 15.8 Å².